The summed E-state index contributed by atoms with van der Waals surface area (Å²) >= 11 is 0. The van der Waals surface area contributed by atoms with Crippen molar-refractivity contribution in [2.75, 3.05) is 10.6 Å². The molecular formula is C23H17F4N3O2. The normalized spacial score (nSPS) is 12.8. The molecule has 0 atom stereocenters. The van der Waals surface area contributed by atoms with E-state index in [0.29, 0.717) is 29.9 Å². The first-order valence-electron chi connectivity index (χ1n) is 9.59. The number of halogens is 4. The Morgan fingerprint density at radius 1 is 0.938 bits per heavy atom. The largest absolute Gasteiger partial charge is 0.419 e. The molecule has 0 bridgehead atoms. The van der Waals surface area contributed by atoms with Gasteiger partial charge in [0.1, 0.15) is 5.82 Å². The topological polar surface area (TPSA) is 70.2 Å². The standard InChI is InChI=1S/C23H17F4N3O2/c1-12-9-13(5-7-15(12)16-3-2-4-17-18(16)11-28-21(17)31)29-22(32)30-14-6-8-20(24)19(10-14)23(25,26)27/h2-10H,11H2,1H3,(H,28,31)(H2,29,30,32). The SMILES string of the molecule is Cc1cc(NC(=O)Nc2ccc(F)c(C(F)(F)F)c2)ccc1-c1cccc2c1CNC2=O. The molecule has 4 rings (SSSR count). The van der Waals surface area contributed by atoms with Crippen LogP contribution in [0.4, 0.5) is 33.7 Å². The molecule has 5 nitrogen and oxygen atoms in total. The highest BCUT2D eigenvalue weighted by atomic mass is 19.4. The molecule has 0 saturated heterocycles. The Kier molecular flexibility index (Phi) is 5.33. The van der Waals surface area contributed by atoms with E-state index in [-0.39, 0.29) is 11.6 Å². The first-order chi connectivity index (χ1) is 15.1. The first kappa shape index (κ1) is 21.4. The van der Waals surface area contributed by atoms with Crippen molar-refractivity contribution in [3.8, 4) is 11.1 Å². The summed E-state index contributed by atoms with van der Waals surface area (Å²) in [6.07, 6.45) is -4.87. The van der Waals surface area contributed by atoms with Gasteiger partial charge in [0.25, 0.3) is 5.91 Å². The number of fused-ring (bicyclic) bond motifs is 1. The van der Waals surface area contributed by atoms with Crippen LogP contribution in [-0.2, 0) is 12.7 Å². The maximum Gasteiger partial charge on any atom is 0.419 e. The maximum absolute atomic E-state index is 13.4. The molecule has 9 heteroatoms. The minimum Gasteiger partial charge on any atom is -0.348 e. The maximum atomic E-state index is 13.4. The number of alkyl halides is 3. The zero-order chi connectivity index (χ0) is 23.0. The summed E-state index contributed by atoms with van der Waals surface area (Å²) in [5.41, 5.74) is 2.91. The number of benzene rings is 3. The van der Waals surface area contributed by atoms with Crippen molar-refractivity contribution in [3.05, 3.63) is 82.7 Å². The second-order valence-corrected chi connectivity index (χ2v) is 7.32. The van der Waals surface area contributed by atoms with Gasteiger partial charge in [-0.3, -0.25) is 4.79 Å². The van der Waals surface area contributed by atoms with Crippen LogP contribution < -0.4 is 16.0 Å². The van der Waals surface area contributed by atoms with Crippen molar-refractivity contribution in [1.82, 2.24) is 5.32 Å². The highest BCUT2D eigenvalue weighted by Gasteiger charge is 2.34. The lowest BCUT2D eigenvalue weighted by atomic mass is 9.93. The average molecular weight is 443 g/mol. The molecule has 1 heterocycles. The van der Waals surface area contributed by atoms with Crippen molar-refractivity contribution >= 4 is 23.3 Å². The van der Waals surface area contributed by atoms with Crippen LogP contribution in [0.25, 0.3) is 11.1 Å². The van der Waals surface area contributed by atoms with E-state index in [0.717, 1.165) is 28.3 Å². The molecule has 3 N–H and O–H groups in total. The second kappa shape index (κ2) is 7.99. The number of urea groups is 1. The van der Waals surface area contributed by atoms with Crippen LogP contribution in [0, 0.1) is 12.7 Å². The van der Waals surface area contributed by atoms with E-state index in [1.165, 1.54) is 0 Å². The number of carbonyl (C=O) groups excluding carboxylic acids is 2. The molecule has 3 aromatic carbocycles. The number of hydrogen-bond donors (Lipinski definition) is 3. The van der Waals surface area contributed by atoms with Crippen LogP contribution in [0.3, 0.4) is 0 Å². The predicted molar refractivity (Wildman–Crippen MR) is 112 cm³/mol. The first-order valence-corrected chi connectivity index (χ1v) is 9.59. The summed E-state index contributed by atoms with van der Waals surface area (Å²) in [6, 6.07) is 12.1. The van der Waals surface area contributed by atoms with E-state index in [2.05, 4.69) is 16.0 Å². The quantitative estimate of drug-likeness (QED) is 0.454. The van der Waals surface area contributed by atoms with E-state index < -0.39 is 23.6 Å². The molecule has 164 valence electrons. The third-order valence-corrected chi connectivity index (χ3v) is 5.15. The summed E-state index contributed by atoms with van der Waals surface area (Å²) in [6.45, 7) is 2.28. The van der Waals surface area contributed by atoms with Crippen LogP contribution in [0.2, 0.25) is 0 Å². The number of hydrogen-bond acceptors (Lipinski definition) is 2. The third kappa shape index (κ3) is 4.14. The molecule has 0 saturated carbocycles. The molecule has 3 aromatic rings. The Balaban J connectivity index is 1.52. The lowest BCUT2D eigenvalue weighted by Gasteiger charge is -2.14. The Bertz CT molecular complexity index is 1240. The molecule has 0 fully saturated rings. The van der Waals surface area contributed by atoms with E-state index in [1.54, 1.807) is 30.3 Å². The van der Waals surface area contributed by atoms with Crippen LogP contribution in [0.1, 0.15) is 27.0 Å². The Hall–Kier alpha value is -3.88. The fourth-order valence-electron chi connectivity index (χ4n) is 3.66. The average Bonchev–Trinajstić information content (AvgIpc) is 3.10. The number of nitrogens with one attached hydrogen (secondary N) is 3. The molecule has 32 heavy (non-hydrogen) atoms. The van der Waals surface area contributed by atoms with Crippen molar-refractivity contribution in [2.45, 2.75) is 19.6 Å². The van der Waals surface area contributed by atoms with Crippen LogP contribution in [-0.4, -0.2) is 11.9 Å². The fraction of sp³-hybridized carbons (Fsp3) is 0.130. The summed E-state index contributed by atoms with van der Waals surface area (Å²) in [5, 5.41) is 7.62. The Morgan fingerprint density at radius 3 is 2.28 bits per heavy atom. The Labute approximate surface area is 180 Å². The minimum absolute atomic E-state index is 0.121. The lowest BCUT2D eigenvalue weighted by molar-refractivity contribution is -0.139. The van der Waals surface area contributed by atoms with Crippen molar-refractivity contribution < 1.29 is 27.2 Å². The number of rotatable bonds is 3. The smallest absolute Gasteiger partial charge is 0.348 e. The highest BCUT2D eigenvalue weighted by molar-refractivity contribution is 6.01. The highest BCUT2D eigenvalue weighted by Crippen LogP contribution is 2.34. The summed E-state index contributed by atoms with van der Waals surface area (Å²) < 4.78 is 52.0. The molecule has 0 aliphatic carbocycles. The number of aryl methyl sites for hydroxylation is 1. The van der Waals surface area contributed by atoms with E-state index >= 15 is 0 Å². The molecule has 0 unspecified atom stereocenters. The van der Waals surface area contributed by atoms with E-state index in [1.807, 2.05) is 13.0 Å². The van der Waals surface area contributed by atoms with E-state index in [9.17, 15) is 27.2 Å². The zero-order valence-electron chi connectivity index (χ0n) is 16.7. The van der Waals surface area contributed by atoms with Crippen molar-refractivity contribution in [1.29, 1.82) is 0 Å². The van der Waals surface area contributed by atoms with Crippen molar-refractivity contribution in [2.24, 2.45) is 0 Å². The van der Waals surface area contributed by atoms with Gasteiger partial charge in [0.2, 0.25) is 0 Å². The molecular weight excluding hydrogens is 426 g/mol. The number of amides is 3. The van der Waals surface area contributed by atoms with Gasteiger partial charge in [-0.1, -0.05) is 18.2 Å². The number of carbonyl (C=O) groups is 2. The van der Waals surface area contributed by atoms with Gasteiger partial charge in [0.15, 0.2) is 0 Å². The van der Waals surface area contributed by atoms with Gasteiger partial charge in [-0.25, -0.2) is 9.18 Å². The molecule has 0 spiro atoms. The van der Waals surface area contributed by atoms with E-state index in [4.69, 9.17) is 0 Å². The molecule has 1 aliphatic rings. The molecule has 3 amide bonds. The minimum atomic E-state index is -4.87. The number of anilines is 2. The van der Waals surface area contributed by atoms with Crippen molar-refractivity contribution in [3.63, 3.8) is 0 Å². The lowest BCUT2D eigenvalue weighted by Crippen LogP contribution is -2.20. The van der Waals surface area contributed by atoms with Crippen LogP contribution >= 0.6 is 0 Å². The van der Waals surface area contributed by atoms with Gasteiger partial charge < -0.3 is 16.0 Å². The zero-order valence-corrected chi connectivity index (χ0v) is 16.7. The molecule has 0 radical (unpaired) electrons. The van der Waals surface area contributed by atoms with Gasteiger partial charge in [-0.15, -0.1) is 0 Å². The summed E-state index contributed by atoms with van der Waals surface area (Å²) in [7, 11) is 0. The van der Waals surface area contributed by atoms with Gasteiger partial charge in [0.05, 0.1) is 5.56 Å². The predicted octanol–water partition coefficient (Wildman–Crippen LogP) is 5.71. The van der Waals surface area contributed by atoms with Gasteiger partial charge in [-0.05, 0) is 65.6 Å². The summed E-state index contributed by atoms with van der Waals surface area (Å²) in [4.78, 5) is 24.1. The third-order valence-electron chi connectivity index (χ3n) is 5.15. The van der Waals surface area contributed by atoms with Crippen LogP contribution in [0.15, 0.2) is 54.6 Å². The Morgan fingerprint density at radius 2 is 1.59 bits per heavy atom. The van der Waals surface area contributed by atoms with Crippen LogP contribution in [0.5, 0.6) is 0 Å². The molecule has 0 aromatic heterocycles. The van der Waals surface area contributed by atoms with Gasteiger partial charge in [-0.2, -0.15) is 13.2 Å². The summed E-state index contributed by atoms with van der Waals surface area (Å²) in [5.74, 6) is -1.54. The fourth-order valence-corrected chi connectivity index (χ4v) is 3.66. The monoisotopic (exact) mass is 443 g/mol. The molecule has 1 aliphatic heterocycles. The second-order valence-electron chi connectivity index (χ2n) is 7.32. The van der Waals surface area contributed by atoms with Gasteiger partial charge >= 0.3 is 12.2 Å². The van der Waals surface area contributed by atoms with Gasteiger partial charge in [0, 0.05) is 23.5 Å².